The van der Waals surface area contributed by atoms with Gasteiger partial charge in [0, 0.05) is 32.2 Å². The number of nitrogens with one attached hydrogen (secondary N) is 1. The largest absolute Gasteiger partial charge is 0.333 e. The molecule has 1 saturated heterocycles. The van der Waals surface area contributed by atoms with E-state index in [4.69, 9.17) is 0 Å². The standard InChI is InChI=1S/C21H25N3O2/c1-16(25)22-19-10-8-17(9-11-19)14-21(26)24-13-12-23(2)15-20(24)18-6-4-3-5-7-18/h3-11,20H,12-15H2,1-2H3,(H,22,25). The molecule has 2 aromatic rings. The van der Waals surface area contributed by atoms with Crippen LogP contribution in [-0.2, 0) is 16.0 Å². The van der Waals surface area contributed by atoms with Crippen molar-refractivity contribution >= 4 is 17.5 Å². The molecule has 1 unspecified atom stereocenters. The predicted octanol–water partition coefficient (Wildman–Crippen LogP) is 2.70. The van der Waals surface area contributed by atoms with Crippen molar-refractivity contribution in [3.05, 3.63) is 65.7 Å². The Morgan fingerprint density at radius 3 is 2.38 bits per heavy atom. The molecule has 2 amide bonds. The summed E-state index contributed by atoms with van der Waals surface area (Å²) in [6, 6.07) is 17.8. The lowest BCUT2D eigenvalue weighted by Crippen LogP contribution is -2.49. The van der Waals surface area contributed by atoms with Crippen LogP contribution in [0.1, 0.15) is 24.1 Å². The van der Waals surface area contributed by atoms with Crippen molar-refractivity contribution in [1.29, 1.82) is 0 Å². The van der Waals surface area contributed by atoms with Crippen LogP contribution in [0.3, 0.4) is 0 Å². The lowest BCUT2D eigenvalue weighted by molar-refractivity contribution is -0.135. The molecule has 3 rings (SSSR count). The maximum absolute atomic E-state index is 13.0. The van der Waals surface area contributed by atoms with Gasteiger partial charge < -0.3 is 15.1 Å². The average Bonchev–Trinajstić information content (AvgIpc) is 2.63. The van der Waals surface area contributed by atoms with Crippen molar-refractivity contribution in [3.8, 4) is 0 Å². The molecule has 1 heterocycles. The zero-order valence-corrected chi connectivity index (χ0v) is 15.3. The number of anilines is 1. The third-order valence-electron chi connectivity index (χ3n) is 4.72. The Kier molecular flexibility index (Phi) is 5.68. The molecule has 0 radical (unpaired) electrons. The first-order valence-corrected chi connectivity index (χ1v) is 8.92. The van der Waals surface area contributed by atoms with E-state index in [-0.39, 0.29) is 17.9 Å². The van der Waals surface area contributed by atoms with Gasteiger partial charge >= 0.3 is 0 Å². The molecule has 2 aromatic carbocycles. The highest BCUT2D eigenvalue weighted by atomic mass is 16.2. The van der Waals surface area contributed by atoms with Crippen LogP contribution >= 0.6 is 0 Å². The Balaban J connectivity index is 1.71. The van der Waals surface area contributed by atoms with Crippen LogP contribution in [0.25, 0.3) is 0 Å². The Labute approximate surface area is 154 Å². The third kappa shape index (κ3) is 4.49. The number of hydrogen-bond acceptors (Lipinski definition) is 3. The summed E-state index contributed by atoms with van der Waals surface area (Å²) in [5, 5.41) is 2.74. The van der Waals surface area contributed by atoms with Gasteiger partial charge in [-0.25, -0.2) is 0 Å². The maximum atomic E-state index is 13.0. The van der Waals surface area contributed by atoms with Gasteiger partial charge in [0.15, 0.2) is 0 Å². The van der Waals surface area contributed by atoms with Crippen LogP contribution in [-0.4, -0.2) is 48.3 Å². The molecule has 1 N–H and O–H groups in total. The third-order valence-corrected chi connectivity index (χ3v) is 4.72. The van der Waals surface area contributed by atoms with Gasteiger partial charge in [0.25, 0.3) is 0 Å². The van der Waals surface area contributed by atoms with E-state index in [1.165, 1.54) is 12.5 Å². The molecule has 5 nitrogen and oxygen atoms in total. The van der Waals surface area contributed by atoms with Gasteiger partial charge in [-0.15, -0.1) is 0 Å². The van der Waals surface area contributed by atoms with Gasteiger partial charge in [-0.05, 0) is 30.3 Å². The number of amides is 2. The number of benzene rings is 2. The van der Waals surface area contributed by atoms with Gasteiger partial charge in [-0.1, -0.05) is 42.5 Å². The quantitative estimate of drug-likeness (QED) is 0.921. The fraction of sp³-hybridized carbons (Fsp3) is 0.333. The molecule has 0 saturated carbocycles. The van der Waals surface area contributed by atoms with Gasteiger partial charge in [-0.2, -0.15) is 0 Å². The number of rotatable bonds is 4. The number of likely N-dealkylation sites (N-methyl/N-ethyl adjacent to an activating group) is 1. The number of nitrogens with zero attached hydrogens (tertiary/aromatic N) is 2. The zero-order chi connectivity index (χ0) is 18.5. The van der Waals surface area contributed by atoms with Crippen LogP contribution in [0.2, 0.25) is 0 Å². The summed E-state index contributed by atoms with van der Waals surface area (Å²) in [6.45, 7) is 3.95. The van der Waals surface area contributed by atoms with E-state index in [0.717, 1.165) is 30.9 Å². The Bertz CT molecular complexity index is 759. The summed E-state index contributed by atoms with van der Waals surface area (Å²) >= 11 is 0. The highest BCUT2D eigenvalue weighted by molar-refractivity contribution is 5.88. The summed E-state index contributed by atoms with van der Waals surface area (Å²) < 4.78 is 0. The highest BCUT2D eigenvalue weighted by Gasteiger charge is 2.29. The molecule has 0 bridgehead atoms. The van der Waals surface area contributed by atoms with E-state index in [1.54, 1.807) is 0 Å². The first-order valence-electron chi connectivity index (χ1n) is 8.92. The number of carbonyl (C=O) groups is 2. The summed E-state index contributed by atoms with van der Waals surface area (Å²) in [5.41, 5.74) is 2.87. The molecular formula is C21H25N3O2. The van der Waals surface area contributed by atoms with Gasteiger partial charge in [-0.3, -0.25) is 9.59 Å². The fourth-order valence-corrected chi connectivity index (χ4v) is 3.36. The van der Waals surface area contributed by atoms with E-state index >= 15 is 0 Å². The number of hydrogen-bond donors (Lipinski definition) is 1. The molecule has 1 aliphatic rings. The molecule has 0 spiro atoms. The van der Waals surface area contributed by atoms with Crippen LogP contribution < -0.4 is 5.32 Å². The van der Waals surface area contributed by atoms with Gasteiger partial charge in [0.2, 0.25) is 11.8 Å². The zero-order valence-electron chi connectivity index (χ0n) is 15.3. The summed E-state index contributed by atoms with van der Waals surface area (Å²) in [6.07, 6.45) is 0.368. The topological polar surface area (TPSA) is 52.7 Å². The van der Waals surface area contributed by atoms with E-state index in [0.29, 0.717) is 6.42 Å². The van der Waals surface area contributed by atoms with Crippen molar-refractivity contribution in [2.24, 2.45) is 0 Å². The van der Waals surface area contributed by atoms with Crippen LogP contribution in [0.5, 0.6) is 0 Å². The maximum Gasteiger partial charge on any atom is 0.227 e. The van der Waals surface area contributed by atoms with Crippen molar-refractivity contribution in [2.45, 2.75) is 19.4 Å². The van der Waals surface area contributed by atoms with Crippen LogP contribution in [0.15, 0.2) is 54.6 Å². The minimum Gasteiger partial charge on any atom is -0.333 e. The molecule has 1 aliphatic heterocycles. The average molecular weight is 351 g/mol. The Morgan fingerprint density at radius 2 is 1.73 bits per heavy atom. The fourth-order valence-electron chi connectivity index (χ4n) is 3.36. The Hall–Kier alpha value is -2.66. The van der Waals surface area contributed by atoms with Crippen molar-refractivity contribution in [2.75, 3.05) is 32.0 Å². The number of carbonyl (C=O) groups excluding carboxylic acids is 2. The molecule has 136 valence electrons. The second-order valence-corrected chi connectivity index (χ2v) is 6.83. The van der Waals surface area contributed by atoms with E-state index < -0.39 is 0 Å². The van der Waals surface area contributed by atoms with Crippen molar-refractivity contribution in [1.82, 2.24) is 9.80 Å². The SMILES string of the molecule is CC(=O)Nc1ccc(CC(=O)N2CCN(C)CC2c2ccccc2)cc1. The lowest BCUT2D eigenvalue weighted by atomic mass is 10.0. The monoisotopic (exact) mass is 351 g/mol. The van der Waals surface area contributed by atoms with Gasteiger partial charge in [0.1, 0.15) is 0 Å². The first kappa shape index (κ1) is 18.1. The molecule has 0 aromatic heterocycles. The van der Waals surface area contributed by atoms with E-state index in [1.807, 2.05) is 47.4 Å². The second-order valence-electron chi connectivity index (χ2n) is 6.83. The van der Waals surface area contributed by atoms with Crippen LogP contribution in [0.4, 0.5) is 5.69 Å². The smallest absolute Gasteiger partial charge is 0.227 e. The summed E-state index contributed by atoms with van der Waals surface area (Å²) in [7, 11) is 2.10. The van der Waals surface area contributed by atoms with Crippen molar-refractivity contribution < 1.29 is 9.59 Å². The van der Waals surface area contributed by atoms with E-state index in [9.17, 15) is 9.59 Å². The highest BCUT2D eigenvalue weighted by Crippen LogP contribution is 2.25. The molecule has 1 fully saturated rings. The minimum absolute atomic E-state index is 0.0844. The lowest BCUT2D eigenvalue weighted by Gasteiger charge is -2.40. The second kappa shape index (κ2) is 8.15. The normalized spacial score (nSPS) is 17.8. The first-order chi connectivity index (χ1) is 12.5. The van der Waals surface area contributed by atoms with Crippen molar-refractivity contribution in [3.63, 3.8) is 0 Å². The summed E-state index contributed by atoms with van der Waals surface area (Å²) in [5.74, 6) is 0.0381. The minimum atomic E-state index is -0.100. The Morgan fingerprint density at radius 1 is 1.04 bits per heavy atom. The van der Waals surface area contributed by atoms with E-state index in [2.05, 4.69) is 29.4 Å². The molecular weight excluding hydrogens is 326 g/mol. The molecule has 5 heteroatoms. The summed E-state index contributed by atoms with van der Waals surface area (Å²) in [4.78, 5) is 28.3. The van der Waals surface area contributed by atoms with Gasteiger partial charge in [0.05, 0.1) is 12.5 Å². The predicted molar refractivity (Wildman–Crippen MR) is 103 cm³/mol. The molecule has 26 heavy (non-hydrogen) atoms. The van der Waals surface area contributed by atoms with Crippen LogP contribution in [0, 0.1) is 0 Å². The number of piperazine rings is 1. The molecule has 1 atom stereocenters. The molecule has 0 aliphatic carbocycles.